The molecule has 0 aliphatic rings. The molecule has 5 heteroatoms. The third-order valence-corrected chi connectivity index (χ3v) is 4.36. The highest BCUT2D eigenvalue weighted by molar-refractivity contribution is 6.07. The Morgan fingerprint density at radius 1 is 0.852 bits per heavy atom. The standard InChI is InChI=1S/C22H16O5/c1-25-16-9-6-14(7-10-16)19(23)13-26-22(24)15-8-11-21-18(12-15)17-4-2-3-5-20(17)27-21/h2-12H,13H2,1H3. The van der Waals surface area contributed by atoms with Gasteiger partial charge < -0.3 is 13.9 Å². The van der Waals surface area contributed by atoms with E-state index in [0.717, 1.165) is 16.4 Å². The molecule has 0 aliphatic heterocycles. The largest absolute Gasteiger partial charge is 0.497 e. The van der Waals surface area contributed by atoms with E-state index >= 15 is 0 Å². The quantitative estimate of drug-likeness (QED) is 0.383. The molecule has 5 nitrogen and oxygen atoms in total. The second kappa shape index (κ2) is 6.96. The van der Waals surface area contributed by atoms with Crippen molar-refractivity contribution in [3.8, 4) is 5.75 Å². The van der Waals surface area contributed by atoms with Gasteiger partial charge in [-0.3, -0.25) is 4.79 Å². The highest BCUT2D eigenvalue weighted by Crippen LogP contribution is 2.29. The number of ketones is 1. The summed E-state index contributed by atoms with van der Waals surface area (Å²) in [4.78, 5) is 24.6. The lowest BCUT2D eigenvalue weighted by atomic mass is 10.1. The minimum atomic E-state index is -0.552. The first-order valence-electron chi connectivity index (χ1n) is 8.41. The van der Waals surface area contributed by atoms with Crippen molar-refractivity contribution in [2.24, 2.45) is 0 Å². The van der Waals surface area contributed by atoms with Gasteiger partial charge in [0, 0.05) is 16.3 Å². The molecule has 0 atom stereocenters. The van der Waals surface area contributed by atoms with Crippen molar-refractivity contribution in [2.75, 3.05) is 13.7 Å². The van der Waals surface area contributed by atoms with Crippen molar-refractivity contribution in [3.63, 3.8) is 0 Å². The average molecular weight is 360 g/mol. The van der Waals surface area contributed by atoms with Crippen LogP contribution in [0.4, 0.5) is 0 Å². The Labute approximate surface area is 155 Å². The second-order valence-electron chi connectivity index (χ2n) is 6.04. The van der Waals surface area contributed by atoms with Crippen LogP contribution in [0.1, 0.15) is 20.7 Å². The van der Waals surface area contributed by atoms with Gasteiger partial charge in [-0.25, -0.2) is 4.79 Å². The SMILES string of the molecule is COc1ccc(C(=O)COC(=O)c2ccc3oc4ccccc4c3c2)cc1. The van der Waals surface area contributed by atoms with Crippen LogP contribution in [0.25, 0.3) is 21.9 Å². The summed E-state index contributed by atoms with van der Waals surface area (Å²) in [5, 5.41) is 1.76. The van der Waals surface area contributed by atoms with Crippen LogP contribution >= 0.6 is 0 Å². The Morgan fingerprint density at radius 3 is 2.33 bits per heavy atom. The van der Waals surface area contributed by atoms with E-state index in [4.69, 9.17) is 13.9 Å². The predicted molar refractivity (Wildman–Crippen MR) is 101 cm³/mol. The van der Waals surface area contributed by atoms with Crippen LogP contribution in [-0.4, -0.2) is 25.5 Å². The van der Waals surface area contributed by atoms with Gasteiger partial charge in [0.05, 0.1) is 12.7 Å². The molecular formula is C22H16O5. The number of fused-ring (bicyclic) bond motifs is 3. The summed E-state index contributed by atoms with van der Waals surface area (Å²) < 4.78 is 16.0. The zero-order chi connectivity index (χ0) is 18.8. The number of hydrogen-bond acceptors (Lipinski definition) is 5. The Kier molecular flexibility index (Phi) is 4.34. The molecule has 134 valence electrons. The molecule has 0 radical (unpaired) electrons. The minimum absolute atomic E-state index is 0.277. The number of para-hydroxylation sites is 1. The topological polar surface area (TPSA) is 65.7 Å². The lowest BCUT2D eigenvalue weighted by Gasteiger charge is -2.05. The van der Waals surface area contributed by atoms with Crippen molar-refractivity contribution in [2.45, 2.75) is 0 Å². The van der Waals surface area contributed by atoms with Gasteiger partial charge in [0.15, 0.2) is 12.4 Å². The number of hydrogen-bond donors (Lipinski definition) is 0. The molecule has 1 aromatic heterocycles. The lowest BCUT2D eigenvalue weighted by Crippen LogP contribution is -2.14. The lowest BCUT2D eigenvalue weighted by molar-refractivity contribution is 0.0475. The van der Waals surface area contributed by atoms with Crippen molar-refractivity contribution >= 4 is 33.7 Å². The smallest absolute Gasteiger partial charge is 0.338 e. The molecule has 3 aromatic carbocycles. The number of Topliss-reactive ketones (excluding diaryl/α,β-unsaturated/α-hetero) is 1. The van der Waals surface area contributed by atoms with Crippen LogP contribution in [-0.2, 0) is 4.74 Å². The van der Waals surface area contributed by atoms with Crippen molar-refractivity contribution in [3.05, 3.63) is 77.9 Å². The van der Waals surface area contributed by atoms with E-state index < -0.39 is 5.97 Å². The fraction of sp³-hybridized carbons (Fsp3) is 0.0909. The molecule has 4 rings (SSSR count). The summed E-state index contributed by atoms with van der Waals surface area (Å²) >= 11 is 0. The van der Waals surface area contributed by atoms with E-state index in [-0.39, 0.29) is 12.4 Å². The molecule has 0 saturated heterocycles. The Balaban J connectivity index is 1.50. The first kappa shape index (κ1) is 16.8. The molecule has 0 N–H and O–H groups in total. The summed E-state index contributed by atoms with van der Waals surface area (Å²) in [5.41, 5.74) is 2.28. The van der Waals surface area contributed by atoms with E-state index in [0.29, 0.717) is 22.5 Å². The molecule has 0 fully saturated rings. The van der Waals surface area contributed by atoms with E-state index in [2.05, 4.69) is 0 Å². The normalized spacial score (nSPS) is 10.9. The number of ether oxygens (including phenoxy) is 2. The third kappa shape index (κ3) is 3.27. The molecule has 27 heavy (non-hydrogen) atoms. The van der Waals surface area contributed by atoms with Crippen LogP contribution in [0.3, 0.4) is 0 Å². The number of rotatable bonds is 5. The Morgan fingerprint density at radius 2 is 1.56 bits per heavy atom. The van der Waals surface area contributed by atoms with Crippen molar-refractivity contribution < 1.29 is 23.5 Å². The van der Waals surface area contributed by atoms with E-state index in [1.807, 2.05) is 24.3 Å². The zero-order valence-electron chi connectivity index (χ0n) is 14.6. The molecule has 0 aliphatic carbocycles. The first-order chi connectivity index (χ1) is 13.2. The van der Waals surface area contributed by atoms with Gasteiger partial charge in [-0.2, -0.15) is 0 Å². The molecule has 0 amide bonds. The third-order valence-electron chi connectivity index (χ3n) is 4.36. The summed E-state index contributed by atoms with van der Waals surface area (Å²) in [6, 6.07) is 19.4. The van der Waals surface area contributed by atoms with Crippen molar-refractivity contribution in [1.82, 2.24) is 0 Å². The van der Waals surface area contributed by atoms with E-state index in [9.17, 15) is 9.59 Å². The van der Waals surface area contributed by atoms with E-state index in [1.54, 1.807) is 49.6 Å². The number of methoxy groups -OCH3 is 1. The van der Waals surface area contributed by atoms with Crippen LogP contribution in [0.5, 0.6) is 5.75 Å². The molecular weight excluding hydrogens is 344 g/mol. The molecule has 1 heterocycles. The zero-order valence-corrected chi connectivity index (χ0v) is 14.6. The van der Waals surface area contributed by atoms with Crippen molar-refractivity contribution in [1.29, 1.82) is 0 Å². The van der Waals surface area contributed by atoms with Gasteiger partial charge in [-0.1, -0.05) is 18.2 Å². The maximum absolute atomic E-state index is 12.4. The molecule has 0 unspecified atom stereocenters. The highest BCUT2D eigenvalue weighted by Gasteiger charge is 2.14. The summed E-state index contributed by atoms with van der Waals surface area (Å²) in [5.74, 6) is -0.172. The Bertz CT molecular complexity index is 1140. The average Bonchev–Trinajstić information content (AvgIpc) is 3.09. The number of benzene rings is 3. The van der Waals surface area contributed by atoms with Gasteiger partial charge in [-0.05, 0) is 48.5 Å². The maximum atomic E-state index is 12.4. The van der Waals surface area contributed by atoms with Gasteiger partial charge in [0.2, 0.25) is 0 Å². The monoisotopic (exact) mass is 360 g/mol. The summed E-state index contributed by atoms with van der Waals surface area (Å²) in [6.45, 7) is -0.324. The van der Waals surface area contributed by atoms with Crippen LogP contribution in [0, 0.1) is 0 Å². The second-order valence-corrected chi connectivity index (χ2v) is 6.04. The number of esters is 1. The minimum Gasteiger partial charge on any atom is -0.497 e. The summed E-state index contributed by atoms with van der Waals surface area (Å²) in [7, 11) is 1.55. The number of carbonyl (C=O) groups excluding carboxylic acids is 2. The number of furan rings is 1. The predicted octanol–water partition coefficient (Wildman–Crippen LogP) is 4.63. The van der Waals surface area contributed by atoms with Crippen LogP contribution in [0.15, 0.2) is 71.1 Å². The fourth-order valence-electron chi connectivity index (χ4n) is 2.93. The molecule has 4 aromatic rings. The van der Waals surface area contributed by atoms with Gasteiger partial charge >= 0.3 is 5.97 Å². The maximum Gasteiger partial charge on any atom is 0.338 e. The molecule has 0 spiro atoms. The number of carbonyl (C=O) groups is 2. The van der Waals surface area contributed by atoms with Gasteiger partial charge in [-0.15, -0.1) is 0 Å². The van der Waals surface area contributed by atoms with Crippen LogP contribution in [0.2, 0.25) is 0 Å². The highest BCUT2D eigenvalue weighted by atomic mass is 16.5. The first-order valence-corrected chi connectivity index (χ1v) is 8.41. The van der Waals surface area contributed by atoms with E-state index in [1.165, 1.54) is 0 Å². The van der Waals surface area contributed by atoms with Gasteiger partial charge in [0.25, 0.3) is 0 Å². The molecule has 0 saturated carbocycles. The Hall–Kier alpha value is -3.60. The summed E-state index contributed by atoms with van der Waals surface area (Å²) in [6.07, 6.45) is 0. The van der Waals surface area contributed by atoms with Gasteiger partial charge in [0.1, 0.15) is 16.9 Å². The van der Waals surface area contributed by atoms with Crippen LogP contribution < -0.4 is 4.74 Å². The fourth-order valence-corrected chi connectivity index (χ4v) is 2.93. The molecule has 0 bridgehead atoms.